The Morgan fingerprint density at radius 3 is 2.83 bits per heavy atom. The molecule has 1 aliphatic carbocycles. The summed E-state index contributed by atoms with van der Waals surface area (Å²) in [7, 11) is 0. The van der Waals surface area contributed by atoms with Crippen LogP contribution in [0, 0.1) is 6.92 Å². The van der Waals surface area contributed by atoms with Crippen molar-refractivity contribution >= 4 is 23.4 Å². The lowest BCUT2D eigenvalue weighted by Gasteiger charge is -2.13. The van der Waals surface area contributed by atoms with Gasteiger partial charge in [-0.1, -0.05) is 6.07 Å². The zero-order valence-electron chi connectivity index (χ0n) is 10.9. The third-order valence-electron chi connectivity index (χ3n) is 3.59. The van der Waals surface area contributed by atoms with Crippen LogP contribution < -0.4 is 11.1 Å². The van der Waals surface area contributed by atoms with E-state index in [1.807, 2.05) is 30.8 Å². The first-order valence-corrected chi connectivity index (χ1v) is 7.58. The van der Waals surface area contributed by atoms with Crippen LogP contribution in [0.4, 0.5) is 5.69 Å². The molecule has 0 aliphatic heterocycles. The maximum absolute atomic E-state index is 12.1. The van der Waals surface area contributed by atoms with Crippen molar-refractivity contribution in [3.05, 3.63) is 29.3 Å². The highest BCUT2D eigenvalue weighted by atomic mass is 32.2. The number of nitrogen functional groups attached to an aromatic ring is 1. The second-order valence-corrected chi connectivity index (χ2v) is 6.05. The summed E-state index contributed by atoms with van der Waals surface area (Å²) in [5.74, 6) is -0.00606. The molecule has 1 aromatic rings. The minimum Gasteiger partial charge on any atom is -0.398 e. The summed E-state index contributed by atoms with van der Waals surface area (Å²) in [6, 6.07) is 5.80. The molecule has 0 spiro atoms. The number of aryl methyl sites for hydroxylation is 1. The molecular formula is C14H20N2OS. The van der Waals surface area contributed by atoms with Gasteiger partial charge >= 0.3 is 0 Å². The number of hydrogen-bond acceptors (Lipinski definition) is 3. The first kappa shape index (κ1) is 13.3. The fraction of sp³-hybridized carbons (Fsp3) is 0.500. The number of amides is 1. The topological polar surface area (TPSA) is 55.1 Å². The van der Waals surface area contributed by atoms with Crippen LogP contribution in [0.25, 0.3) is 0 Å². The normalized spacial score (nSPS) is 23.0. The smallest absolute Gasteiger partial charge is 0.251 e. The van der Waals surface area contributed by atoms with E-state index in [-0.39, 0.29) is 5.91 Å². The van der Waals surface area contributed by atoms with Gasteiger partial charge in [-0.2, -0.15) is 11.8 Å². The van der Waals surface area contributed by atoms with Crippen molar-refractivity contribution in [2.75, 3.05) is 12.0 Å². The molecule has 4 heteroatoms. The molecule has 2 rings (SSSR count). The molecule has 1 fully saturated rings. The summed E-state index contributed by atoms with van der Waals surface area (Å²) in [4.78, 5) is 12.1. The molecule has 0 heterocycles. The van der Waals surface area contributed by atoms with E-state index < -0.39 is 0 Å². The van der Waals surface area contributed by atoms with E-state index in [9.17, 15) is 4.79 Å². The van der Waals surface area contributed by atoms with Gasteiger partial charge in [0.25, 0.3) is 5.91 Å². The standard InChI is InChI=1S/C14H20N2OS/c1-9-3-4-10(7-13(9)15)14(17)16-11-5-6-12(8-11)18-2/h3-4,7,11-12H,5-6,8,15H2,1-2H3,(H,16,17). The highest BCUT2D eigenvalue weighted by Gasteiger charge is 2.25. The van der Waals surface area contributed by atoms with E-state index in [4.69, 9.17) is 5.73 Å². The van der Waals surface area contributed by atoms with E-state index in [2.05, 4.69) is 11.6 Å². The minimum absolute atomic E-state index is 0.00606. The fourth-order valence-corrected chi connectivity index (χ4v) is 3.13. The Kier molecular flexibility index (Phi) is 4.17. The third-order valence-corrected chi connectivity index (χ3v) is 4.69. The number of nitrogens with two attached hydrogens (primary N) is 1. The predicted octanol–water partition coefficient (Wildman–Crippen LogP) is 2.59. The molecule has 18 heavy (non-hydrogen) atoms. The molecule has 0 radical (unpaired) electrons. The Morgan fingerprint density at radius 2 is 2.22 bits per heavy atom. The largest absolute Gasteiger partial charge is 0.398 e. The Balaban J connectivity index is 1.97. The van der Waals surface area contributed by atoms with Crippen molar-refractivity contribution in [1.82, 2.24) is 5.32 Å². The molecule has 3 nitrogen and oxygen atoms in total. The van der Waals surface area contributed by atoms with Crippen LogP contribution in [-0.4, -0.2) is 23.5 Å². The van der Waals surface area contributed by atoms with Crippen LogP contribution in [-0.2, 0) is 0 Å². The number of carbonyl (C=O) groups excluding carboxylic acids is 1. The quantitative estimate of drug-likeness (QED) is 0.825. The van der Waals surface area contributed by atoms with E-state index in [1.165, 1.54) is 6.42 Å². The molecule has 1 amide bonds. The molecule has 1 saturated carbocycles. The average molecular weight is 264 g/mol. The van der Waals surface area contributed by atoms with E-state index in [1.54, 1.807) is 6.07 Å². The van der Waals surface area contributed by atoms with Crippen molar-refractivity contribution in [3.8, 4) is 0 Å². The van der Waals surface area contributed by atoms with Gasteiger partial charge in [-0.15, -0.1) is 0 Å². The molecule has 3 N–H and O–H groups in total. The highest BCUT2D eigenvalue weighted by Crippen LogP contribution is 2.28. The zero-order chi connectivity index (χ0) is 13.1. The van der Waals surface area contributed by atoms with E-state index >= 15 is 0 Å². The Hall–Kier alpha value is -1.16. The molecule has 1 aromatic carbocycles. The van der Waals surface area contributed by atoms with Gasteiger partial charge in [-0.05, 0) is 50.1 Å². The lowest BCUT2D eigenvalue weighted by molar-refractivity contribution is 0.0938. The fourth-order valence-electron chi connectivity index (χ4n) is 2.34. The summed E-state index contributed by atoms with van der Waals surface area (Å²) in [6.45, 7) is 1.94. The second kappa shape index (κ2) is 5.65. The highest BCUT2D eigenvalue weighted by molar-refractivity contribution is 7.99. The van der Waals surface area contributed by atoms with Gasteiger partial charge in [0.2, 0.25) is 0 Å². The molecule has 98 valence electrons. The molecule has 0 bridgehead atoms. The molecule has 0 aromatic heterocycles. The third kappa shape index (κ3) is 2.99. The Labute approximate surface area is 113 Å². The van der Waals surface area contributed by atoms with Crippen molar-refractivity contribution in [1.29, 1.82) is 0 Å². The van der Waals surface area contributed by atoms with Crippen LogP contribution >= 0.6 is 11.8 Å². The van der Waals surface area contributed by atoms with Crippen LogP contribution in [0.5, 0.6) is 0 Å². The first-order valence-electron chi connectivity index (χ1n) is 6.30. The van der Waals surface area contributed by atoms with Gasteiger partial charge in [-0.3, -0.25) is 4.79 Å². The summed E-state index contributed by atoms with van der Waals surface area (Å²) < 4.78 is 0. The van der Waals surface area contributed by atoms with E-state index in [0.717, 1.165) is 18.4 Å². The Bertz CT molecular complexity index is 447. The van der Waals surface area contributed by atoms with Crippen molar-refractivity contribution in [2.45, 2.75) is 37.5 Å². The zero-order valence-corrected chi connectivity index (χ0v) is 11.7. The SMILES string of the molecule is CSC1CCC(NC(=O)c2ccc(C)c(N)c2)C1. The summed E-state index contributed by atoms with van der Waals surface area (Å²) in [5.41, 5.74) is 8.17. The minimum atomic E-state index is -0.00606. The van der Waals surface area contributed by atoms with Gasteiger partial charge in [0.1, 0.15) is 0 Å². The Morgan fingerprint density at radius 1 is 1.44 bits per heavy atom. The molecule has 2 unspecified atom stereocenters. The monoisotopic (exact) mass is 264 g/mol. The van der Waals surface area contributed by atoms with Crippen LogP contribution in [0.1, 0.15) is 35.2 Å². The number of benzene rings is 1. The molecule has 2 atom stereocenters. The number of rotatable bonds is 3. The first-order chi connectivity index (χ1) is 8.60. The lowest BCUT2D eigenvalue weighted by Crippen LogP contribution is -2.33. The maximum Gasteiger partial charge on any atom is 0.251 e. The molecule has 0 saturated heterocycles. The predicted molar refractivity (Wildman–Crippen MR) is 78.0 cm³/mol. The van der Waals surface area contributed by atoms with Crippen LogP contribution in [0.15, 0.2) is 18.2 Å². The maximum atomic E-state index is 12.1. The van der Waals surface area contributed by atoms with Crippen molar-refractivity contribution in [2.24, 2.45) is 0 Å². The van der Waals surface area contributed by atoms with Gasteiger partial charge in [0.05, 0.1) is 0 Å². The van der Waals surface area contributed by atoms with Gasteiger partial charge in [-0.25, -0.2) is 0 Å². The number of hydrogen-bond donors (Lipinski definition) is 2. The average Bonchev–Trinajstić information content (AvgIpc) is 2.80. The van der Waals surface area contributed by atoms with Crippen molar-refractivity contribution < 1.29 is 4.79 Å². The lowest BCUT2D eigenvalue weighted by atomic mass is 10.1. The van der Waals surface area contributed by atoms with Crippen molar-refractivity contribution in [3.63, 3.8) is 0 Å². The molecule has 1 aliphatic rings. The van der Waals surface area contributed by atoms with E-state index in [0.29, 0.717) is 22.5 Å². The summed E-state index contributed by atoms with van der Waals surface area (Å²) in [6.07, 6.45) is 5.49. The van der Waals surface area contributed by atoms with Gasteiger partial charge in [0.15, 0.2) is 0 Å². The molecular weight excluding hydrogens is 244 g/mol. The van der Waals surface area contributed by atoms with Gasteiger partial charge in [0, 0.05) is 22.5 Å². The number of anilines is 1. The van der Waals surface area contributed by atoms with Crippen LogP contribution in [0.3, 0.4) is 0 Å². The van der Waals surface area contributed by atoms with Gasteiger partial charge < -0.3 is 11.1 Å². The number of carbonyl (C=O) groups is 1. The summed E-state index contributed by atoms with van der Waals surface area (Å²) >= 11 is 1.89. The number of thioether (sulfide) groups is 1. The summed E-state index contributed by atoms with van der Waals surface area (Å²) in [5, 5.41) is 3.79. The van der Waals surface area contributed by atoms with Crippen LogP contribution in [0.2, 0.25) is 0 Å². The number of nitrogens with one attached hydrogen (secondary N) is 1. The second-order valence-electron chi connectivity index (χ2n) is 4.91.